The summed E-state index contributed by atoms with van der Waals surface area (Å²) < 4.78 is 0. The molecule has 2 aromatic rings. The number of amides is 1. The zero-order valence-corrected chi connectivity index (χ0v) is 12.6. The average Bonchev–Trinajstić information content (AvgIpc) is 2.88. The largest absolute Gasteiger partial charge is 0.481 e. The Hall–Kier alpha value is -2.43. The topological polar surface area (TPSA) is 70.5 Å². The standard InChI is InChI=1S/C17H18N2O3/c1-10-8-19(9-14(10)17(21)22)16(20)13-5-3-4-12-7-6-11(2)18-15(12)13/h3-7,10,14H,8-9H2,1-2H3,(H,21,22)/t10-,14-/m1/s1. The number of nitrogens with zero attached hydrogens (tertiary/aromatic N) is 2. The number of likely N-dealkylation sites (tertiary alicyclic amines) is 1. The number of carbonyl (C=O) groups excluding carboxylic acids is 1. The predicted molar refractivity (Wildman–Crippen MR) is 82.7 cm³/mol. The Morgan fingerprint density at radius 2 is 2.00 bits per heavy atom. The van der Waals surface area contributed by atoms with E-state index in [1.165, 1.54) is 0 Å². The van der Waals surface area contributed by atoms with Crippen molar-refractivity contribution in [2.24, 2.45) is 11.8 Å². The lowest BCUT2D eigenvalue weighted by Crippen LogP contribution is -2.30. The van der Waals surface area contributed by atoms with Gasteiger partial charge in [-0.25, -0.2) is 0 Å². The summed E-state index contributed by atoms with van der Waals surface area (Å²) in [4.78, 5) is 30.1. The number of hydrogen-bond donors (Lipinski definition) is 1. The number of fused-ring (bicyclic) bond motifs is 1. The number of carboxylic acid groups (broad SMARTS) is 1. The molecular formula is C17H18N2O3. The van der Waals surface area contributed by atoms with Gasteiger partial charge in [-0.2, -0.15) is 0 Å². The lowest BCUT2D eigenvalue weighted by atomic mass is 9.99. The molecule has 114 valence electrons. The number of aryl methyl sites for hydroxylation is 1. The van der Waals surface area contributed by atoms with E-state index < -0.39 is 11.9 Å². The monoisotopic (exact) mass is 298 g/mol. The summed E-state index contributed by atoms with van der Waals surface area (Å²) in [5.74, 6) is -1.51. The Morgan fingerprint density at radius 3 is 2.68 bits per heavy atom. The van der Waals surface area contributed by atoms with Crippen molar-refractivity contribution in [2.45, 2.75) is 13.8 Å². The number of aromatic nitrogens is 1. The highest BCUT2D eigenvalue weighted by Gasteiger charge is 2.37. The van der Waals surface area contributed by atoms with Crippen molar-refractivity contribution >= 4 is 22.8 Å². The van der Waals surface area contributed by atoms with E-state index in [4.69, 9.17) is 0 Å². The molecule has 5 heteroatoms. The molecule has 1 amide bonds. The SMILES string of the molecule is Cc1ccc2cccc(C(=O)N3C[C@@H](C)[C@H](C(=O)O)C3)c2n1. The molecule has 22 heavy (non-hydrogen) atoms. The van der Waals surface area contributed by atoms with Crippen molar-refractivity contribution in [3.05, 3.63) is 41.6 Å². The van der Waals surface area contributed by atoms with Gasteiger partial charge in [0.25, 0.3) is 5.91 Å². The Balaban J connectivity index is 1.96. The van der Waals surface area contributed by atoms with Crippen molar-refractivity contribution in [3.8, 4) is 0 Å². The van der Waals surface area contributed by atoms with Crippen molar-refractivity contribution in [3.63, 3.8) is 0 Å². The number of para-hydroxylation sites is 1. The lowest BCUT2D eigenvalue weighted by Gasteiger charge is -2.17. The molecule has 1 aromatic heterocycles. The Labute approximate surface area is 128 Å². The summed E-state index contributed by atoms with van der Waals surface area (Å²) >= 11 is 0. The molecule has 1 aliphatic rings. The molecule has 5 nitrogen and oxygen atoms in total. The summed E-state index contributed by atoms with van der Waals surface area (Å²) in [7, 11) is 0. The quantitative estimate of drug-likeness (QED) is 0.923. The van der Waals surface area contributed by atoms with Gasteiger partial charge in [0, 0.05) is 24.2 Å². The van der Waals surface area contributed by atoms with Crippen LogP contribution in [-0.2, 0) is 4.79 Å². The summed E-state index contributed by atoms with van der Waals surface area (Å²) in [5, 5.41) is 10.1. The molecule has 1 fully saturated rings. The van der Waals surface area contributed by atoms with Crippen molar-refractivity contribution in [2.75, 3.05) is 13.1 Å². The zero-order valence-electron chi connectivity index (χ0n) is 12.6. The van der Waals surface area contributed by atoms with Crippen molar-refractivity contribution in [1.29, 1.82) is 0 Å². The third-order valence-electron chi connectivity index (χ3n) is 4.31. The molecule has 0 aliphatic carbocycles. The van der Waals surface area contributed by atoms with Crippen LogP contribution in [0.5, 0.6) is 0 Å². The Kier molecular flexibility index (Phi) is 3.56. The average molecular weight is 298 g/mol. The second kappa shape index (κ2) is 5.40. The maximum absolute atomic E-state index is 12.8. The molecule has 0 saturated carbocycles. The van der Waals surface area contributed by atoms with E-state index in [1.54, 1.807) is 11.0 Å². The number of hydrogen-bond acceptors (Lipinski definition) is 3. The molecule has 1 N–H and O–H groups in total. The van der Waals surface area contributed by atoms with Gasteiger partial charge in [-0.1, -0.05) is 25.1 Å². The van der Waals surface area contributed by atoms with Gasteiger partial charge >= 0.3 is 5.97 Å². The fourth-order valence-corrected chi connectivity index (χ4v) is 3.04. The van der Waals surface area contributed by atoms with E-state index in [9.17, 15) is 14.7 Å². The number of rotatable bonds is 2. The highest BCUT2D eigenvalue weighted by atomic mass is 16.4. The van der Waals surface area contributed by atoms with Crippen LogP contribution in [0.3, 0.4) is 0 Å². The van der Waals surface area contributed by atoms with Gasteiger partial charge in [-0.05, 0) is 25.0 Å². The predicted octanol–water partition coefficient (Wildman–Crippen LogP) is 2.34. The summed E-state index contributed by atoms with van der Waals surface area (Å²) in [6.07, 6.45) is 0. The summed E-state index contributed by atoms with van der Waals surface area (Å²) in [6, 6.07) is 9.37. The van der Waals surface area contributed by atoms with Gasteiger partial charge in [0.2, 0.25) is 0 Å². The van der Waals surface area contributed by atoms with Gasteiger partial charge < -0.3 is 10.0 Å². The number of carbonyl (C=O) groups is 2. The van der Waals surface area contributed by atoms with E-state index in [0.29, 0.717) is 17.6 Å². The fraction of sp³-hybridized carbons (Fsp3) is 0.353. The third-order valence-corrected chi connectivity index (χ3v) is 4.31. The van der Waals surface area contributed by atoms with Crippen LogP contribution in [0, 0.1) is 18.8 Å². The van der Waals surface area contributed by atoms with E-state index >= 15 is 0 Å². The van der Waals surface area contributed by atoms with Gasteiger partial charge in [-0.3, -0.25) is 14.6 Å². The second-order valence-corrected chi connectivity index (χ2v) is 5.96. The number of aliphatic carboxylic acids is 1. The first-order valence-electron chi connectivity index (χ1n) is 7.36. The molecule has 0 bridgehead atoms. The highest BCUT2D eigenvalue weighted by Crippen LogP contribution is 2.26. The molecule has 1 aliphatic heterocycles. The van der Waals surface area contributed by atoms with Gasteiger partial charge in [0.15, 0.2) is 0 Å². The summed E-state index contributed by atoms with van der Waals surface area (Å²) in [5.41, 5.74) is 2.07. The van der Waals surface area contributed by atoms with Crippen LogP contribution in [0.1, 0.15) is 23.0 Å². The second-order valence-electron chi connectivity index (χ2n) is 5.96. The van der Waals surface area contributed by atoms with Crippen LogP contribution in [0.2, 0.25) is 0 Å². The molecule has 1 saturated heterocycles. The Bertz CT molecular complexity index is 757. The maximum Gasteiger partial charge on any atom is 0.308 e. The van der Waals surface area contributed by atoms with Crippen LogP contribution in [0.4, 0.5) is 0 Å². The molecular weight excluding hydrogens is 280 g/mol. The fourth-order valence-electron chi connectivity index (χ4n) is 3.04. The molecule has 0 radical (unpaired) electrons. The van der Waals surface area contributed by atoms with Crippen molar-refractivity contribution in [1.82, 2.24) is 9.88 Å². The van der Waals surface area contributed by atoms with Crippen LogP contribution in [-0.4, -0.2) is 40.0 Å². The van der Waals surface area contributed by atoms with Crippen molar-refractivity contribution < 1.29 is 14.7 Å². The molecule has 3 rings (SSSR count). The number of benzene rings is 1. The van der Waals surface area contributed by atoms with E-state index in [2.05, 4.69) is 4.98 Å². The first-order chi connectivity index (χ1) is 10.5. The molecule has 0 spiro atoms. The van der Waals surface area contributed by atoms with Crippen LogP contribution < -0.4 is 0 Å². The third kappa shape index (κ3) is 2.43. The first kappa shape index (κ1) is 14.5. The van der Waals surface area contributed by atoms with Gasteiger partial charge in [0.05, 0.1) is 17.0 Å². The molecule has 2 atom stereocenters. The maximum atomic E-state index is 12.8. The molecule has 2 heterocycles. The van der Waals surface area contributed by atoms with Gasteiger partial charge in [-0.15, -0.1) is 0 Å². The van der Waals surface area contributed by atoms with Crippen LogP contribution in [0.25, 0.3) is 10.9 Å². The van der Waals surface area contributed by atoms with Crippen LogP contribution >= 0.6 is 0 Å². The molecule has 1 aromatic carbocycles. The van der Waals surface area contributed by atoms with E-state index in [1.807, 2.05) is 38.1 Å². The Morgan fingerprint density at radius 1 is 1.23 bits per heavy atom. The minimum absolute atomic E-state index is 0.0360. The smallest absolute Gasteiger partial charge is 0.308 e. The number of carboxylic acids is 1. The lowest BCUT2D eigenvalue weighted by molar-refractivity contribution is -0.142. The van der Waals surface area contributed by atoms with Gasteiger partial charge in [0.1, 0.15) is 0 Å². The van der Waals surface area contributed by atoms with E-state index in [0.717, 1.165) is 11.1 Å². The highest BCUT2D eigenvalue weighted by molar-refractivity contribution is 6.05. The van der Waals surface area contributed by atoms with E-state index in [-0.39, 0.29) is 18.4 Å². The zero-order chi connectivity index (χ0) is 15.9. The normalized spacial score (nSPS) is 21.3. The van der Waals surface area contributed by atoms with Crippen LogP contribution in [0.15, 0.2) is 30.3 Å². The molecule has 0 unspecified atom stereocenters. The summed E-state index contributed by atoms with van der Waals surface area (Å²) in [6.45, 7) is 4.49. The first-order valence-corrected chi connectivity index (χ1v) is 7.36. The number of pyridine rings is 1. The minimum Gasteiger partial charge on any atom is -0.481 e. The minimum atomic E-state index is -0.838.